The number of nitrogens with one attached hydrogen (secondary N) is 1. The van der Waals surface area contributed by atoms with Gasteiger partial charge in [-0.05, 0) is 48.9 Å². The van der Waals surface area contributed by atoms with Gasteiger partial charge in [-0.2, -0.15) is 0 Å². The number of carbonyl (C=O) groups excluding carboxylic acids is 1. The number of hydrogen-bond donors (Lipinski definition) is 1. The van der Waals surface area contributed by atoms with Crippen LogP contribution < -0.4 is 10.3 Å². The SMILES string of the molecule is COc1ccc(CCOC(=O)CCc2nc3sc4c(c3c(=O)[nH]2)CCCC4)cc1. The molecule has 0 saturated heterocycles. The number of esters is 1. The zero-order valence-electron chi connectivity index (χ0n) is 16.5. The molecule has 6 nitrogen and oxygen atoms in total. The van der Waals surface area contributed by atoms with E-state index in [0.29, 0.717) is 25.3 Å². The summed E-state index contributed by atoms with van der Waals surface area (Å²) in [5.41, 5.74) is 2.17. The Labute approximate surface area is 172 Å². The van der Waals surface area contributed by atoms with Crippen LogP contribution >= 0.6 is 11.3 Å². The number of hydrogen-bond acceptors (Lipinski definition) is 6. The summed E-state index contributed by atoms with van der Waals surface area (Å²) in [5, 5.41) is 0.746. The number of carbonyl (C=O) groups is 1. The Morgan fingerprint density at radius 3 is 2.76 bits per heavy atom. The molecule has 0 atom stereocenters. The van der Waals surface area contributed by atoms with E-state index in [9.17, 15) is 9.59 Å². The van der Waals surface area contributed by atoms with E-state index in [2.05, 4.69) is 9.97 Å². The van der Waals surface area contributed by atoms with Crippen molar-refractivity contribution in [2.75, 3.05) is 13.7 Å². The third kappa shape index (κ3) is 4.50. The lowest BCUT2D eigenvalue weighted by Crippen LogP contribution is -2.15. The second-order valence-electron chi connectivity index (χ2n) is 7.22. The molecular weight excluding hydrogens is 388 g/mol. The molecule has 0 fully saturated rings. The highest BCUT2D eigenvalue weighted by atomic mass is 32.1. The van der Waals surface area contributed by atoms with E-state index < -0.39 is 0 Å². The standard InChI is InChI=1S/C22H24N2O4S/c1-27-15-8-6-14(7-9-15)12-13-28-19(25)11-10-18-23-21(26)20-16-4-2-3-5-17(16)29-22(20)24-18/h6-9H,2-5,10-13H2,1H3,(H,23,24,26). The van der Waals surface area contributed by atoms with Gasteiger partial charge in [0, 0.05) is 17.7 Å². The Bertz CT molecular complexity index is 1070. The summed E-state index contributed by atoms with van der Waals surface area (Å²) in [4.78, 5) is 34.1. The molecule has 0 bridgehead atoms. The fourth-order valence-electron chi connectivity index (χ4n) is 3.69. The first-order valence-electron chi connectivity index (χ1n) is 9.96. The molecule has 0 saturated carbocycles. The summed E-state index contributed by atoms with van der Waals surface area (Å²) >= 11 is 1.62. The van der Waals surface area contributed by atoms with Crippen LogP contribution in [-0.4, -0.2) is 29.7 Å². The molecule has 1 N–H and O–H groups in total. The van der Waals surface area contributed by atoms with Crippen LogP contribution in [0.3, 0.4) is 0 Å². The highest BCUT2D eigenvalue weighted by molar-refractivity contribution is 7.18. The lowest BCUT2D eigenvalue weighted by Gasteiger charge is -2.09. The molecule has 1 aromatic carbocycles. The molecule has 2 aromatic heterocycles. The zero-order chi connectivity index (χ0) is 20.2. The number of H-pyrrole nitrogens is 1. The molecule has 0 unspecified atom stereocenters. The van der Waals surface area contributed by atoms with Gasteiger partial charge in [-0.3, -0.25) is 9.59 Å². The van der Waals surface area contributed by atoms with Crippen molar-refractivity contribution in [3.63, 3.8) is 0 Å². The molecular formula is C22H24N2O4S. The second-order valence-corrected chi connectivity index (χ2v) is 8.31. The summed E-state index contributed by atoms with van der Waals surface area (Å²) in [6.07, 6.45) is 5.51. The van der Waals surface area contributed by atoms with Crippen LogP contribution in [0, 0.1) is 0 Å². The van der Waals surface area contributed by atoms with Crippen LogP contribution in [0.25, 0.3) is 10.2 Å². The maximum absolute atomic E-state index is 12.5. The smallest absolute Gasteiger partial charge is 0.306 e. The number of nitrogens with zero attached hydrogens (tertiary/aromatic N) is 1. The fraction of sp³-hybridized carbons (Fsp3) is 0.409. The molecule has 1 aliphatic rings. The molecule has 29 heavy (non-hydrogen) atoms. The van der Waals surface area contributed by atoms with Crippen LogP contribution in [0.5, 0.6) is 5.75 Å². The number of thiophene rings is 1. The first-order valence-corrected chi connectivity index (χ1v) is 10.8. The Morgan fingerprint density at radius 2 is 1.97 bits per heavy atom. The summed E-state index contributed by atoms with van der Waals surface area (Å²) in [6.45, 7) is 0.325. The van der Waals surface area contributed by atoms with Crippen LogP contribution in [-0.2, 0) is 35.2 Å². The molecule has 3 aromatic rings. The molecule has 7 heteroatoms. The highest BCUT2D eigenvalue weighted by Gasteiger charge is 2.20. The van der Waals surface area contributed by atoms with Gasteiger partial charge < -0.3 is 14.5 Å². The Morgan fingerprint density at radius 1 is 1.17 bits per heavy atom. The van der Waals surface area contributed by atoms with Crippen molar-refractivity contribution in [2.45, 2.75) is 44.9 Å². The number of fused-ring (bicyclic) bond motifs is 3. The number of benzene rings is 1. The average Bonchev–Trinajstić information content (AvgIpc) is 3.11. The number of aromatic nitrogens is 2. The van der Waals surface area contributed by atoms with Crippen LogP contribution in [0.1, 0.15) is 41.1 Å². The van der Waals surface area contributed by atoms with Gasteiger partial charge >= 0.3 is 5.97 Å². The van der Waals surface area contributed by atoms with E-state index in [1.807, 2.05) is 24.3 Å². The van der Waals surface area contributed by atoms with Gasteiger partial charge in [0.1, 0.15) is 16.4 Å². The van der Waals surface area contributed by atoms with Crippen molar-refractivity contribution in [3.05, 3.63) is 56.4 Å². The number of methoxy groups -OCH3 is 1. The van der Waals surface area contributed by atoms with Crippen LogP contribution in [0.15, 0.2) is 29.1 Å². The predicted octanol–water partition coefficient (Wildman–Crippen LogP) is 3.59. The molecule has 0 amide bonds. The molecule has 0 radical (unpaired) electrons. The molecule has 0 spiro atoms. The minimum atomic E-state index is -0.285. The summed E-state index contributed by atoms with van der Waals surface area (Å²) in [6, 6.07) is 7.68. The quantitative estimate of drug-likeness (QED) is 0.600. The number of aromatic amines is 1. The van der Waals surface area contributed by atoms with Gasteiger partial charge in [0.25, 0.3) is 5.56 Å². The van der Waals surface area contributed by atoms with Crippen molar-refractivity contribution in [3.8, 4) is 5.75 Å². The lowest BCUT2D eigenvalue weighted by atomic mass is 9.97. The van der Waals surface area contributed by atoms with E-state index in [-0.39, 0.29) is 17.9 Å². The maximum atomic E-state index is 12.5. The fourth-order valence-corrected chi connectivity index (χ4v) is 4.98. The van der Waals surface area contributed by atoms with Gasteiger partial charge in [0.05, 0.1) is 25.5 Å². The van der Waals surface area contributed by atoms with Crippen LogP contribution in [0.2, 0.25) is 0 Å². The van der Waals surface area contributed by atoms with E-state index in [1.165, 1.54) is 16.9 Å². The monoisotopic (exact) mass is 412 g/mol. The van der Waals surface area contributed by atoms with E-state index in [0.717, 1.165) is 40.8 Å². The number of ether oxygens (including phenoxy) is 2. The molecule has 2 heterocycles. The summed E-state index contributed by atoms with van der Waals surface area (Å²) in [7, 11) is 1.63. The second kappa shape index (κ2) is 8.78. The van der Waals surface area contributed by atoms with Crippen molar-refractivity contribution in [1.82, 2.24) is 9.97 Å². The Kier molecular flexibility index (Phi) is 5.94. The van der Waals surface area contributed by atoms with Crippen molar-refractivity contribution >= 4 is 27.5 Å². The Hall–Kier alpha value is -2.67. The molecule has 4 rings (SSSR count). The van der Waals surface area contributed by atoms with E-state index in [1.54, 1.807) is 18.4 Å². The zero-order valence-corrected chi connectivity index (χ0v) is 17.3. The van der Waals surface area contributed by atoms with E-state index in [4.69, 9.17) is 9.47 Å². The number of rotatable bonds is 7. The Balaban J connectivity index is 1.31. The van der Waals surface area contributed by atoms with Crippen LogP contribution in [0.4, 0.5) is 0 Å². The van der Waals surface area contributed by atoms with Crippen molar-refractivity contribution in [2.24, 2.45) is 0 Å². The summed E-state index contributed by atoms with van der Waals surface area (Å²) in [5.74, 6) is 1.07. The maximum Gasteiger partial charge on any atom is 0.306 e. The lowest BCUT2D eigenvalue weighted by molar-refractivity contribution is -0.143. The van der Waals surface area contributed by atoms with Gasteiger partial charge in [-0.1, -0.05) is 12.1 Å². The summed E-state index contributed by atoms with van der Waals surface area (Å²) < 4.78 is 10.4. The predicted molar refractivity (Wildman–Crippen MR) is 113 cm³/mol. The van der Waals surface area contributed by atoms with E-state index >= 15 is 0 Å². The van der Waals surface area contributed by atoms with Crippen molar-refractivity contribution < 1.29 is 14.3 Å². The first-order chi connectivity index (χ1) is 14.1. The third-order valence-corrected chi connectivity index (χ3v) is 6.44. The van der Waals surface area contributed by atoms with Crippen molar-refractivity contribution in [1.29, 1.82) is 0 Å². The largest absolute Gasteiger partial charge is 0.497 e. The van der Waals surface area contributed by atoms with Gasteiger partial charge in [-0.15, -0.1) is 11.3 Å². The first kappa shape index (κ1) is 19.6. The molecule has 152 valence electrons. The highest BCUT2D eigenvalue weighted by Crippen LogP contribution is 2.33. The van der Waals surface area contributed by atoms with Gasteiger partial charge in [0.2, 0.25) is 0 Å². The molecule has 1 aliphatic carbocycles. The average molecular weight is 413 g/mol. The topological polar surface area (TPSA) is 81.3 Å². The number of aryl methyl sites for hydroxylation is 3. The van der Waals surface area contributed by atoms with Gasteiger partial charge in [0.15, 0.2) is 0 Å². The molecule has 0 aliphatic heterocycles. The minimum Gasteiger partial charge on any atom is -0.497 e. The minimum absolute atomic E-state index is 0.0859. The normalized spacial score (nSPS) is 13.3. The third-order valence-electron chi connectivity index (χ3n) is 5.25. The van der Waals surface area contributed by atoms with Gasteiger partial charge in [-0.25, -0.2) is 4.98 Å².